The van der Waals surface area contributed by atoms with Crippen LogP contribution in [0, 0.1) is 11.8 Å². The number of rotatable bonds is 15. The van der Waals surface area contributed by atoms with Crippen molar-refractivity contribution in [3.05, 3.63) is 61.2 Å². The highest BCUT2D eigenvalue weighted by Crippen LogP contribution is 2.64. The minimum atomic E-state index is -1.18. The second kappa shape index (κ2) is 12.7. The van der Waals surface area contributed by atoms with Crippen LogP contribution in [0.5, 0.6) is 0 Å². The number of carbonyl (C=O) groups is 3. The van der Waals surface area contributed by atoms with E-state index in [1.165, 1.54) is 4.90 Å². The third-order valence-corrected chi connectivity index (χ3v) is 8.89. The largest absolute Gasteiger partial charge is 0.465 e. The minimum Gasteiger partial charge on any atom is -0.465 e. The molecule has 2 unspecified atom stereocenters. The Kier molecular flexibility index (Phi) is 9.52. The maximum atomic E-state index is 14.5. The lowest BCUT2D eigenvalue weighted by molar-refractivity contribution is -0.162. The second-order valence-corrected chi connectivity index (χ2v) is 11.5. The number of hydrogen-bond acceptors (Lipinski definition) is 6. The Morgan fingerprint density at radius 2 is 1.95 bits per heavy atom. The average Bonchev–Trinajstić information content (AvgIpc) is 3.52. The monoisotopic (exact) mass is 552 g/mol. The van der Waals surface area contributed by atoms with Crippen LogP contribution in [0.1, 0.15) is 70.4 Å². The number of nitrogens with zero attached hydrogens (tertiary/aromatic N) is 2. The van der Waals surface area contributed by atoms with Crippen LogP contribution in [0.3, 0.4) is 0 Å². The summed E-state index contributed by atoms with van der Waals surface area (Å²) in [5, 5.41) is 10.6. The van der Waals surface area contributed by atoms with Crippen LogP contribution >= 0.6 is 0 Å². The van der Waals surface area contributed by atoms with Crippen molar-refractivity contribution in [3.63, 3.8) is 0 Å². The molecule has 8 heteroatoms. The molecule has 3 fully saturated rings. The predicted molar refractivity (Wildman–Crippen MR) is 152 cm³/mol. The van der Waals surface area contributed by atoms with Gasteiger partial charge in [0.25, 0.3) is 0 Å². The number of likely N-dealkylation sites (tertiary alicyclic amines) is 1. The molecule has 0 aliphatic carbocycles. The Morgan fingerprint density at radius 1 is 1.20 bits per heavy atom. The molecule has 0 radical (unpaired) electrons. The van der Waals surface area contributed by atoms with Crippen molar-refractivity contribution < 1.29 is 29.0 Å². The molecular weight excluding hydrogens is 508 g/mol. The van der Waals surface area contributed by atoms with Gasteiger partial charge in [-0.05, 0) is 51.0 Å². The number of allylic oxidation sites excluding steroid dienone is 1. The maximum absolute atomic E-state index is 14.5. The van der Waals surface area contributed by atoms with Crippen LogP contribution < -0.4 is 0 Å². The molecule has 40 heavy (non-hydrogen) atoms. The first-order valence-electron chi connectivity index (χ1n) is 14.6. The summed E-state index contributed by atoms with van der Waals surface area (Å²) in [7, 11) is 0. The number of ether oxygens (including phenoxy) is 2. The molecule has 2 bridgehead atoms. The van der Waals surface area contributed by atoms with E-state index >= 15 is 0 Å². The van der Waals surface area contributed by atoms with E-state index < -0.39 is 41.1 Å². The standard InChI is InChI=1S/C32H44N2O6/c1-5-8-10-14-21-39-30(38)26-25-28(36)34(24(22-35)23-15-12-11-13-16-23)27(32(25)18-17-31(26,4)40-32)29(37)33(19-7-3)20-9-6-2/h5,7,11-13,15-16,24-27,35H,1,3,6,8-10,14,17-22H2,2,4H3/t24-,25+,26-,27?,31+,32?/m1/s1. The lowest BCUT2D eigenvalue weighted by Crippen LogP contribution is -2.57. The Hall–Kier alpha value is -2.97. The topological polar surface area (TPSA) is 96.4 Å². The number of fused-ring (bicyclic) bond motifs is 1. The van der Waals surface area contributed by atoms with Crippen molar-refractivity contribution in [1.82, 2.24) is 9.80 Å². The number of carbonyl (C=O) groups excluding carboxylic acids is 3. The number of esters is 1. The van der Waals surface area contributed by atoms with Crippen molar-refractivity contribution in [2.45, 2.75) is 82.1 Å². The van der Waals surface area contributed by atoms with E-state index in [4.69, 9.17) is 9.47 Å². The van der Waals surface area contributed by atoms with Gasteiger partial charge in [-0.1, -0.05) is 55.8 Å². The molecule has 0 aromatic heterocycles. The summed E-state index contributed by atoms with van der Waals surface area (Å²) < 4.78 is 12.4. The van der Waals surface area contributed by atoms with Crippen LogP contribution in [-0.4, -0.2) is 76.2 Å². The summed E-state index contributed by atoms with van der Waals surface area (Å²) in [5.74, 6) is -2.72. The molecule has 1 aromatic carbocycles. The number of hydrogen-bond donors (Lipinski definition) is 1. The third-order valence-electron chi connectivity index (χ3n) is 8.89. The van der Waals surface area contributed by atoms with Crippen molar-refractivity contribution in [2.24, 2.45) is 11.8 Å². The van der Waals surface area contributed by atoms with Gasteiger partial charge in [0.15, 0.2) is 0 Å². The molecule has 218 valence electrons. The zero-order chi connectivity index (χ0) is 28.9. The van der Waals surface area contributed by atoms with Crippen molar-refractivity contribution in [3.8, 4) is 0 Å². The normalized spacial score (nSPS) is 29.2. The summed E-state index contributed by atoms with van der Waals surface area (Å²) in [5.41, 5.74) is -1.36. The Bertz CT molecular complexity index is 1090. The summed E-state index contributed by atoms with van der Waals surface area (Å²) in [6, 6.07) is 7.49. The summed E-state index contributed by atoms with van der Waals surface area (Å²) in [6.07, 6.45) is 8.64. The molecule has 0 saturated carbocycles. The van der Waals surface area contributed by atoms with Gasteiger partial charge in [-0.15, -0.1) is 13.2 Å². The van der Waals surface area contributed by atoms with Crippen molar-refractivity contribution in [1.29, 1.82) is 0 Å². The third kappa shape index (κ3) is 5.23. The van der Waals surface area contributed by atoms with Crippen LogP contribution in [0.4, 0.5) is 0 Å². The van der Waals surface area contributed by atoms with Crippen LogP contribution in [0.15, 0.2) is 55.6 Å². The molecule has 3 aliphatic heterocycles. The first-order valence-corrected chi connectivity index (χ1v) is 14.6. The molecular formula is C32H44N2O6. The molecule has 8 nitrogen and oxygen atoms in total. The minimum absolute atomic E-state index is 0.235. The molecule has 6 atom stereocenters. The fraction of sp³-hybridized carbons (Fsp3) is 0.594. The highest BCUT2D eigenvalue weighted by molar-refractivity contribution is 5.98. The first kappa shape index (κ1) is 30.0. The number of unbranched alkanes of at least 4 members (excludes halogenated alkanes) is 3. The molecule has 3 aliphatic rings. The highest BCUT2D eigenvalue weighted by Gasteiger charge is 2.79. The summed E-state index contributed by atoms with van der Waals surface area (Å²) in [4.78, 5) is 45.7. The molecule has 1 aromatic rings. The fourth-order valence-electron chi connectivity index (χ4n) is 6.99. The van der Waals surface area contributed by atoms with E-state index in [1.54, 1.807) is 11.0 Å². The van der Waals surface area contributed by atoms with E-state index in [2.05, 4.69) is 20.1 Å². The molecule has 3 heterocycles. The van der Waals surface area contributed by atoms with Gasteiger partial charge in [-0.2, -0.15) is 0 Å². The zero-order valence-corrected chi connectivity index (χ0v) is 23.9. The van der Waals surface area contributed by atoms with Crippen LogP contribution in [-0.2, 0) is 23.9 Å². The Labute approximate surface area is 238 Å². The van der Waals surface area contributed by atoms with Gasteiger partial charge in [0.1, 0.15) is 17.6 Å². The van der Waals surface area contributed by atoms with Gasteiger partial charge in [0.05, 0.1) is 30.8 Å². The first-order chi connectivity index (χ1) is 19.3. The molecule has 2 amide bonds. The van der Waals surface area contributed by atoms with Gasteiger partial charge in [-0.25, -0.2) is 0 Å². The van der Waals surface area contributed by atoms with Gasteiger partial charge in [0.2, 0.25) is 11.8 Å². The number of benzene rings is 1. The predicted octanol–water partition coefficient (Wildman–Crippen LogP) is 4.20. The van der Waals surface area contributed by atoms with Crippen LogP contribution in [0.25, 0.3) is 0 Å². The lowest BCUT2D eigenvalue weighted by Gasteiger charge is -2.39. The quantitative estimate of drug-likeness (QED) is 0.199. The molecule has 3 saturated heterocycles. The number of amides is 2. The number of aliphatic hydroxyl groups is 1. The van der Waals surface area contributed by atoms with Gasteiger partial charge in [0, 0.05) is 13.1 Å². The van der Waals surface area contributed by atoms with Gasteiger partial charge >= 0.3 is 5.97 Å². The SMILES string of the molecule is C=CCCCCOC(=O)[C@H]1[C@H]2C(=O)N([C@H](CO)c3ccccc3)C(C(=O)N(CC=C)CCCC)C23CC[C@]1(C)O3. The number of aliphatic hydroxyl groups excluding tert-OH is 1. The van der Waals surface area contributed by atoms with E-state index in [-0.39, 0.29) is 25.0 Å². The Morgan fingerprint density at radius 3 is 2.60 bits per heavy atom. The Balaban J connectivity index is 1.74. The smallest absolute Gasteiger partial charge is 0.312 e. The van der Waals surface area contributed by atoms with Crippen molar-refractivity contribution in [2.75, 3.05) is 26.3 Å². The molecule has 1 N–H and O–H groups in total. The highest BCUT2D eigenvalue weighted by atomic mass is 16.6. The van der Waals surface area contributed by atoms with E-state index in [0.29, 0.717) is 32.4 Å². The van der Waals surface area contributed by atoms with Gasteiger partial charge < -0.3 is 24.4 Å². The molecule has 1 spiro atoms. The average molecular weight is 553 g/mol. The van der Waals surface area contributed by atoms with E-state index in [1.807, 2.05) is 43.3 Å². The zero-order valence-electron chi connectivity index (χ0n) is 23.9. The van der Waals surface area contributed by atoms with Crippen molar-refractivity contribution >= 4 is 17.8 Å². The fourth-order valence-corrected chi connectivity index (χ4v) is 6.99. The lowest BCUT2D eigenvalue weighted by atomic mass is 9.66. The second-order valence-electron chi connectivity index (χ2n) is 11.5. The summed E-state index contributed by atoms with van der Waals surface area (Å²) >= 11 is 0. The van der Waals surface area contributed by atoms with E-state index in [9.17, 15) is 19.5 Å². The van der Waals surface area contributed by atoms with Gasteiger partial charge in [-0.3, -0.25) is 14.4 Å². The van der Waals surface area contributed by atoms with E-state index in [0.717, 1.165) is 31.2 Å². The molecule has 4 rings (SSSR count). The van der Waals surface area contributed by atoms with Crippen LogP contribution in [0.2, 0.25) is 0 Å². The maximum Gasteiger partial charge on any atom is 0.312 e. The summed E-state index contributed by atoms with van der Waals surface area (Å²) in [6.45, 7) is 12.2.